The number of carbonyl (C=O) groups is 1. The van der Waals surface area contributed by atoms with Crippen LogP contribution < -0.4 is 14.9 Å². The summed E-state index contributed by atoms with van der Waals surface area (Å²) >= 11 is 0. The van der Waals surface area contributed by atoms with Crippen molar-refractivity contribution in [2.45, 2.75) is 19.9 Å². The van der Waals surface area contributed by atoms with Gasteiger partial charge in [-0.15, -0.1) is 0 Å². The molecule has 0 radical (unpaired) electrons. The molecule has 0 fully saturated rings. The second kappa shape index (κ2) is 9.04. The highest BCUT2D eigenvalue weighted by atomic mass is 16.5. The number of benzene rings is 2. The molecule has 0 spiro atoms. The van der Waals surface area contributed by atoms with Gasteiger partial charge in [0.1, 0.15) is 5.58 Å². The molecule has 2 heterocycles. The SMILES string of the molecule is CCN(CC)CCN1C(=O)c2oc3ccccc3c(=O)c2[C@H]1c1cccc(OC)c1OC. The number of fused-ring (bicyclic) bond motifs is 2. The molecule has 32 heavy (non-hydrogen) atoms. The highest BCUT2D eigenvalue weighted by molar-refractivity contribution is 5.99. The number of para-hydroxylation sites is 2. The summed E-state index contributed by atoms with van der Waals surface area (Å²) in [5.74, 6) is 0.855. The minimum Gasteiger partial charge on any atom is -0.493 e. The van der Waals surface area contributed by atoms with Gasteiger partial charge < -0.3 is 23.7 Å². The molecule has 0 unspecified atom stereocenters. The lowest BCUT2D eigenvalue weighted by Crippen LogP contribution is -2.38. The van der Waals surface area contributed by atoms with Crippen molar-refractivity contribution in [3.05, 3.63) is 69.6 Å². The summed E-state index contributed by atoms with van der Waals surface area (Å²) < 4.78 is 17.1. The van der Waals surface area contributed by atoms with Crippen LogP contribution in [0.5, 0.6) is 11.5 Å². The molecule has 0 bridgehead atoms. The van der Waals surface area contributed by atoms with Crippen LogP contribution in [0.3, 0.4) is 0 Å². The van der Waals surface area contributed by atoms with E-state index in [1.54, 1.807) is 49.5 Å². The molecular weight excluding hydrogens is 408 g/mol. The van der Waals surface area contributed by atoms with Crippen LogP contribution in [0, 0.1) is 0 Å². The normalized spacial score (nSPS) is 15.5. The summed E-state index contributed by atoms with van der Waals surface area (Å²) in [6.07, 6.45) is 0. The van der Waals surface area contributed by atoms with Gasteiger partial charge in [0.15, 0.2) is 16.9 Å². The lowest BCUT2D eigenvalue weighted by molar-refractivity contribution is 0.0706. The minimum absolute atomic E-state index is 0.100. The number of hydrogen-bond acceptors (Lipinski definition) is 6. The number of rotatable bonds is 8. The second-order valence-electron chi connectivity index (χ2n) is 7.68. The van der Waals surface area contributed by atoms with Crippen LogP contribution >= 0.6 is 0 Å². The van der Waals surface area contributed by atoms with E-state index in [9.17, 15) is 9.59 Å². The standard InChI is InChI=1S/C25H28N2O5/c1-5-26(6-2)14-15-27-21(17-11-9-13-19(30-3)23(17)31-4)20-22(28)16-10-7-8-12-18(16)32-24(20)25(27)29/h7-13,21H,5-6,14-15H2,1-4H3/t21-/m1/s1. The average Bonchev–Trinajstić information content (AvgIpc) is 3.11. The maximum Gasteiger partial charge on any atom is 0.290 e. The predicted molar refractivity (Wildman–Crippen MR) is 123 cm³/mol. The summed E-state index contributed by atoms with van der Waals surface area (Å²) in [7, 11) is 3.12. The Hall–Kier alpha value is -3.32. The summed E-state index contributed by atoms with van der Waals surface area (Å²) in [4.78, 5) is 31.1. The lowest BCUT2D eigenvalue weighted by Gasteiger charge is -2.29. The first kappa shape index (κ1) is 21.9. The highest BCUT2D eigenvalue weighted by Crippen LogP contribution is 2.44. The van der Waals surface area contributed by atoms with Crippen LogP contribution in [0.4, 0.5) is 0 Å². The zero-order valence-electron chi connectivity index (χ0n) is 18.9. The van der Waals surface area contributed by atoms with Gasteiger partial charge >= 0.3 is 0 Å². The van der Waals surface area contributed by atoms with Gasteiger partial charge in [0, 0.05) is 18.7 Å². The largest absolute Gasteiger partial charge is 0.493 e. The van der Waals surface area contributed by atoms with Gasteiger partial charge in [-0.1, -0.05) is 38.1 Å². The van der Waals surface area contributed by atoms with Gasteiger partial charge in [0.2, 0.25) is 5.76 Å². The van der Waals surface area contributed by atoms with Crippen LogP contribution in [0.15, 0.2) is 51.7 Å². The third-order valence-corrected chi connectivity index (χ3v) is 6.15. The second-order valence-corrected chi connectivity index (χ2v) is 7.68. The Morgan fingerprint density at radius 2 is 1.75 bits per heavy atom. The Labute approximate surface area is 187 Å². The van der Waals surface area contributed by atoms with Gasteiger partial charge in [0.05, 0.1) is 31.2 Å². The molecule has 1 atom stereocenters. The van der Waals surface area contributed by atoms with E-state index in [2.05, 4.69) is 18.7 Å². The van der Waals surface area contributed by atoms with Crippen LogP contribution in [0.25, 0.3) is 11.0 Å². The molecule has 0 N–H and O–H groups in total. The van der Waals surface area contributed by atoms with E-state index in [1.807, 2.05) is 12.1 Å². The van der Waals surface area contributed by atoms with Crippen LogP contribution in [0.2, 0.25) is 0 Å². The highest BCUT2D eigenvalue weighted by Gasteiger charge is 2.44. The van der Waals surface area contributed by atoms with Gasteiger partial charge in [-0.05, 0) is 31.3 Å². The number of likely N-dealkylation sites (N-methyl/N-ethyl adjacent to an activating group) is 1. The minimum atomic E-state index is -0.626. The van der Waals surface area contributed by atoms with Crippen molar-refractivity contribution in [1.29, 1.82) is 0 Å². The van der Waals surface area contributed by atoms with Crippen LogP contribution in [-0.2, 0) is 0 Å². The van der Waals surface area contributed by atoms with E-state index in [0.29, 0.717) is 46.7 Å². The molecule has 1 aliphatic rings. The quantitative estimate of drug-likeness (QED) is 0.536. The Morgan fingerprint density at radius 3 is 2.44 bits per heavy atom. The smallest absolute Gasteiger partial charge is 0.290 e. The fourth-order valence-corrected chi connectivity index (χ4v) is 4.44. The Balaban J connectivity index is 1.93. The van der Waals surface area contributed by atoms with E-state index in [-0.39, 0.29) is 17.1 Å². The lowest BCUT2D eigenvalue weighted by atomic mass is 9.97. The molecule has 1 aromatic heterocycles. The molecule has 7 heteroatoms. The Bertz CT molecular complexity index is 1200. The van der Waals surface area contributed by atoms with Gasteiger partial charge in [0.25, 0.3) is 5.91 Å². The van der Waals surface area contributed by atoms with Crippen molar-refractivity contribution in [1.82, 2.24) is 9.80 Å². The van der Waals surface area contributed by atoms with Crippen LogP contribution in [0.1, 0.15) is 41.6 Å². The molecule has 3 aromatic rings. The maximum absolute atomic E-state index is 13.6. The van der Waals surface area contributed by atoms with Crippen molar-refractivity contribution in [3.8, 4) is 11.5 Å². The van der Waals surface area contributed by atoms with Crippen molar-refractivity contribution in [2.75, 3.05) is 40.4 Å². The first-order valence-electron chi connectivity index (χ1n) is 10.9. The molecular formula is C25H28N2O5. The van der Waals surface area contributed by atoms with E-state index >= 15 is 0 Å². The fourth-order valence-electron chi connectivity index (χ4n) is 4.44. The summed E-state index contributed by atoms with van der Waals surface area (Å²) in [6, 6.07) is 11.9. The molecule has 0 saturated carbocycles. The average molecular weight is 437 g/mol. The number of nitrogens with zero attached hydrogens (tertiary/aromatic N) is 2. The zero-order valence-corrected chi connectivity index (χ0v) is 18.9. The molecule has 2 aromatic carbocycles. The summed E-state index contributed by atoms with van der Waals surface area (Å²) in [5.41, 5.74) is 1.25. The van der Waals surface area contributed by atoms with Gasteiger partial charge in [-0.2, -0.15) is 0 Å². The molecule has 0 saturated heterocycles. The van der Waals surface area contributed by atoms with Crippen molar-refractivity contribution < 1.29 is 18.7 Å². The molecule has 1 aliphatic heterocycles. The maximum atomic E-state index is 13.6. The van der Waals surface area contributed by atoms with Crippen LogP contribution in [-0.4, -0.2) is 56.1 Å². The third kappa shape index (κ3) is 3.52. The monoisotopic (exact) mass is 436 g/mol. The van der Waals surface area contributed by atoms with Crippen molar-refractivity contribution >= 4 is 16.9 Å². The van der Waals surface area contributed by atoms with Gasteiger partial charge in [-0.3, -0.25) is 9.59 Å². The van der Waals surface area contributed by atoms with E-state index in [1.165, 1.54) is 0 Å². The van der Waals surface area contributed by atoms with E-state index in [4.69, 9.17) is 13.9 Å². The summed E-state index contributed by atoms with van der Waals surface area (Å²) in [5, 5.41) is 0.455. The number of hydrogen-bond donors (Lipinski definition) is 0. The van der Waals surface area contributed by atoms with E-state index in [0.717, 1.165) is 13.1 Å². The first-order valence-corrected chi connectivity index (χ1v) is 10.9. The Morgan fingerprint density at radius 1 is 1.00 bits per heavy atom. The van der Waals surface area contributed by atoms with E-state index < -0.39 is 6.04 Å². The molecule has 168 valence electrons. The van der Waals surface area contributed by atoms with Crippen molar-refractivity contribution in [3.63, 3.8) is 0 Å². The molecule has 7 nitrogen and oxygen atoms in total. The number of amides is 1. The number of carbonyl (C=O) groups excluding carboxylic acids is 1. The Kier molecular flexibility index (Phi) is 6.19. The molecule has 4 rings (SSSR count). The topological polar surface area (TPSA) is 72.2 Å². The number of methoxy groups -OCH3 is 2. The van der Waals surface area contributed by atoms with Gasteiger partial charge in [-0.25, -0.2) is 0 Å². The number of ether oxygens (including phenoxy) is 2. The fraction of sp³-hybridized carbons (Fsp3) is 0.360. The molecule has 1 amide bonds. The third-order valence-electron chi connectivity index (χ3n) is 6.15. The van der Waals surface area contributed by atoms with Crippen molar-refractivity contribution in [2.24, 2.45) is 0 Å². The summed E-state index contributed by atoms with van der Waals surface area (Å²) in [6.45, 7) is 7.06. The zero-order chi connectivity index (χ0) is 22.8. The first-order chi connectivity index (χ1) is 15.5. The predicted octanol–water partition coefficient (Wildman–Crippen LogP) is 3.70. The molecule has 0 aliphatic carbocycles.